The number of nitrogens with one attached hydrogen (secondary N) is 2. The lowest BCUT2D eigenvalue weighted by atomic mass is 10.0. The van der Waals surface area contributed by atoms with Crippen molar-refractivity contribution in [3.63, 3.8) is 0 Å². The molecule has 0 aliphatic rings. The fraction of sp³-hybridized carbons (Fsp3) is 0.195. The van der Waals surface area contributed by atoms with Crippen molar-refractivity contribution in [3.8, 4) is 22.6 Å². The van der Waals surface area contributed by atoms with E-state index >= 15 is 0 Å². The van der Waals surface area contributed by atoms with Crippen LogP contribution in [0, 0.1) is 5.82 Å². The molecule has 0 unspecified atom stereocenters. The largest absolute Gasteiger partial charge is 0.455 e. The molecule has 5 rings (SSSR count). The highest BCUT2D eigenvalue weighted by Crippen LogP contribution is 2.34. The van der Waals surface area contributed by atoms with Crippen LogP contribution >= 0.6 is 0 Å². The van der Waals surface area contributed by atoms with Crippen molar-refractivity contribution >= 4 is 23.6 Å². The van der Waals surface area contributed by atoms with E-state index in [1.165, 1.54) is 11.0 Å². The van der Waals surface area contributed by atoms with Crippen LogP contribution in [0.3, 0.4) is 0 Å². The molecule has 0 radical (unpaired) electrons. The van der Waals surface area contributed by atoms with Gasteiger partial charge in [-0.25, -0.2) is 9.18 Å². The number of ether oxygens (including phenoxy) is 2. The minimum atomic E-state index is -0.619. The number of carbonyl (C=O) groups excluding carboxylic acids is 3. The number of amides is 3. The summed E-state index contributed by atoms with van der Waals surface area (Å²) in [5.41, 5.74) is 3.89. The summed E-state index contributed by atoms with van der Waals surface area (Å²) in [6.45, 7) is 5.73. The van der Waals surface area contributed by atoms with Crippen molar-refractivity contribution in [2.45, 2.75) is 52.4 Å². The van der Waals surface area contributed by atoms with Crippen LogP contribution in [0.1, 0.15) is 43.9 Å². The van der Waals surface area contributed by atoms with E-state index in [0.717, 1.165) is 22.3 Å². The first-order chi connectivity index (χ1) is 24.0. The second-order valence-electron chi connectivity index (χ2n) is 12.7. The van der Waals surface area contributed by atoms with Gasteiger partial charge in [0.05, 0.1) is 12.2 Å². The van der Waals surface area contributed by atoms with Gasteiger partial charge in [-0.1, -0.05) is 97.1 Å². The molecule has 0 bridgehead atoms. The zero-order chi connectivity index (χ0) is 35.5. The molecule has 0 atom stereocenters. The molecule has 0 saturated heterocycles. The minimum Gasteiger partial charge on any atom is -0.455 e. The van der Waals surface area contributed by atoms with Crippen molar-refractivity contribution < 1.29 is 28.2 Å². The van der Waals surface area contributed by atoms with Gasteiger partial charge >= 0.3 is 6.09 Å². The summed E-state index contributed by atoms with van der Waals surface area (Å²) < 4.78 is 25.8. The van der Waals surface area contributed by atoms with Crippen LogP contribution < -0.4 is 20.3 Å². The lowest BCUT2D eigenvalue weighted by molar-refractivity contribution is -0.128. The van der Waals surface area contributed by atoms with Crippen LogP contribution in [0.5, 0.6) is 11.5 Å². The van der Waals surface area contributed by atoms with Gasteiger partial charge in [-0.3, -0.25) is 9.59 Å². The van der Waals surface area contributed by atoms with Crippen molar-refractivity contribution in [1.29, 1.82) is 0 Å². The molecule has 0 aromatic heterocycles. The van der Waals surface area contributed by atoms with Gasteiger partial charge in [-0.05, 0) is 73.4 Å². The molecule has 256 valence electrons. The topological polar surface area (TPSA) is 97.0 Å². The smallest absolute Gasteiger partial charge is 0.407 e. The Balaban J connectivity index is 1.37. The fourth-order valence-electron chi connectivity index (χ4n) is 5.16. The summed E-state index contributed by atoms with van der Waals surface area (Å²) in [5, 5.41) is 5.41. The van der Waals surface area contributed by atoms with Gasteiger partial charge in [-0.15, -0.1) is 0 Å². The number of rotatable bonds is 12. The second-order valence-corrected chi connectivity index (χ2v) is 12.7. The maximum absolute atomic E-state index is 14.2. The van der Waals surface area contributed by atoms with Gasteiger partial charge in [-0.2, -0.15) is 0 Å². The molecule has 0 fully saturated rings. The molecule has 2 N–H and O–H groups in total. The number of halogens is 1. The van der Waals surface area contributed by atoms with Gasteiger partial charge in [0.25, 0.3) is 0 Å². The predicted octanol–water partition coefficient (Wildman–Crippen LogP) is 8.55. The molecule has 0 saturated carbocycles. The number of alkyl carbamates (subject to hydrolysis) is 1. The third-order valence-corrected chi connectivity index (χ3v) is 7.57. The lowest BCUT2D eigenvalue weighted by Gasteiger charge is -2.25. The number of nitrogens with zero attached hydrogens (tertiary/aromatic N) is 1. The summed E-state index contributed by atoms with van der Waals surface area (Å²) in [4.78, 5) is 40.6. The van der Waals surface area contributed by atoms with Gasteiger partial charge < -0.3 is 25.0 Å². The zero-order valence-corrected chi connectivity index (χ0v) is 28.3. The Morgan fingerprint density at radius 2 is 1.38 bits per heavy atom. The van der Waals surface area contributed by atoms with Crippen LogP contribution in [-0.4, -0.2) is 23.5 Å². The third kappa shape index (κ3) is 10.3. The molecule has 3 amide bonds. The molecule has 50 heavy (non-hydrogen) atoms. The monoisotopic (exact) mass is 673 g/mol. The molecule has 0 aliphatic carbocycles. The van der Waals surface area contributed by atoms with Crippen LogP contribution in [0.15, 0.2) is 127 Å². The van der Waals surface area contributed by atoms with Crippen LogP contribution in [0.25, 0.3) is 11.1 Å². The van der Waals surface area contributed by atoms with Crippen LogP contribution in [0.4, 0.5) is 14.9 Å². The van der Waals surface area contributed by atoms with E-state index in [2.05, 4.69) is 10.6 Å². The molecular weight excluding hydrogens is 633 g/mol. The van der Waals surface area contributed by atoms with Crippen molar-refractivity contribution in [2.75, 3.05) is 4.90 Å². The Morgan fingerprint density at radius 1 is 0.700 bits per heavy atom. The molecule has 5 aromatic carbocycles. The number of benzene rings is 5. The van der Waals surface area contributed by atoms with E-state index in [9.17, 15) is 18.8 Å². The van der Waals surface area contributed by atoms with E-state index in [1.54, 1.807) is 81.4 Å². The number of anilines is 1. The van der Waals surface area contributed by atoms with Gasteiger partial charge in [0, 0.05) is 18.7 Å². The van der Waals surface area contributed by atoms with E-state index < -0.39 is 35.7 Å². The molecule has 0 heterocycles. The first-order valence-electron chi connectivity index (χ1n) is 16.3. The molecule has 0 aliphatic heterocycles. The Kier molecular flexibility index (Phi) is 11.6. The Morgan fingerprint density at radius 3 is 2.12 bits per heavy atom. The SMILES string of the molecule is CC(C)(C)OC(=O)NCc1cccc(Oc2ccccc2N(Cc2ccc(-c3ccccc3)cc2)C(=O)CC(=O)NCc2ccccc2F)c1. The summed E-state index contributed by atoms with van der Waals surface area (Å²) in [5.74, 6) is -0.551. The molecule has 8 nitrogen and oxygen atoms in total. The quantitative estimate of drug-likeness (QED) is 0.129. The summed E-state index contributed by atoms with van der Waals surface area (Å²) >= 11 is 0. The van der Waals surface area contributed by atoms with Crippen LogP contribution in [0.2, 0.25) is 0 Å². The number of hydrogen-bond acceptors (Lipinski definition) is 5. The molecule has 9 heteroatoms. The highest BCUT2D eigenvalue weighted by Gasteiger charge is 2.23. The summed E-state index contributed by atoms with van der Waals surface area (Å²) in [6, 6.07) is 38.3. The highest BCUT2D eigenvalue weighted by molar-refractivity contribution is 6.05. The Hall–Kier alpha value is -5.96. The third-order valence-electron chi connectivity index (χ3n) is 7.57. The average Bonchev–Trinajstić information content (AvgIpc) is 3.10. The van der Waals surface area contributed by atoms with Crippen molar-refractivity contribution in [2.24, 2.45) is 0 Å². The minimum absolute atomic E-state index is 0.0431. The Bertz CT molecular complexity index is 1920. The Labute approximate surface area is 291 Å². The van der Waals surface area contributed by atoms with Gasteiger partial charge in [0.1, 0.15) is 23.6 Å². The second kappa shape index (κ2) is 16.4. The first-order valence-corrected chi connectivity index (χ1v) is 16.3. The summed E-state index contributed by atoms with van der Waals surface area (Å²) in [7, 11) is 0. The maximum Gasteiger partial charge on any atom is 0.407 e. The van der Waals surface area contributed by atoms with E-state index in [1.807, 2.05) is 60.7 Å². The molecular formula is C41H40FN3O5. The van der Waals surface area contributed by atoms with E-state index in [-0.39, 0.29) is 19.6 Å². The lowest BCUT2D eigenvalue weighted by Crippen LogP contribution is -2.35. The number of carbonyl (C=O) groups is 3. The maximum atomic E-state index is 14.2. The van der Waals surface area contributed by atoms with Crippen molar-refractivity contribution in [3.05, 3.63) is 150 Å². The number of para-hydroxylation sites is 2. The van der Waals surface area contributed by atoms with E-state index in [0.29, 0.717) is 22.7 Å². The predicted molar refractivity (Wildman–Crippen MR) is 192 cm³/mol. The number of hydrogen-bond donors (Lipinski definition) is 2. The van der Waals surface area contributed by atoms with Crippen LogP contribution in [-0.2, 0) is 34.0 Å². The van der Waals surface area contributed by atoms with Gasteiger partial charge in [0.2, 0.25) is 11.8 Å². The van der Waals surface area contributed by atoms with E-state index in [4.69, 9.17) is 9.47 Å². The van der Waals surface area contributed by atoms with Crippen molar-refractivity contribution in [1.82, 2.24) is 10.6 Å². The molecule has 0 spiro atoms. The normalized spacial score (nSPS) is 11.0. The fourth-order valence-corrected chi connectivity index (χ4v) is 5.16. The summed E-state index contributed by atoms with van der Waals surface area (Å²) in [6.07, 6.45) is -0.991. The standard InChI is InChI=1S/C41H40FN3O5/c1-41(2,3)50-40(48)44-26-30-12-11-16-34(24-30)49-37-19-10-9-18-36(37)45(28-29-20-22-32(23-21-29)31-13-5-4-6-14-31)39(47)25-38(46)43-27-33-15-7-8-17-35(33)42/h4-24H,25-28H2,1-3H3,(H,43,46)(H,44,48). The molecule has 5 aromatic rings. The highest BCUT2D eigenvalue weighted by atomic mass is 19.1. The average molecular weight is 674 g/mol. The zero-order valence-electron chi connectivity index (χ0n) is 28.3. The van der Waals surface area contributed by atoms with Gasteiger partial charge in [0.15, 0.2) is 5.75 Å². The first kappa shape index (κ1) is 35.3.